The number of azide groups is 1. The minimum absolute atomic E-state index is 0.246. The summed E-state index contributed by atoms with van der Waals surface area (Å²) in [6.45, 7) is 2.24. The van der Waals surface area contributed by atoms with Gasteiger partial charge in [-0.05, 0) is 36.9 Å². The van der Waals surface area contributed by atoms with Crippen LogP contribution in [0.1, 0.15) is 36.4 Å². The molecule has 0 aliphatic carbocycles. The van der Waals surface area contributed by atoms with Crippen molar-refractivity contribution >= 4 is 5.69 Å². The molecule has 2 aromatic rings. The monoisotopic (exact) mass is 268 g/mol. The number of hydrogen-bond acceptors (Lipinski definition) is 2. The molecular weight excluding hydrogens is 248 g/mol. The molecule has 0 aliphatic rings. The van der Waals surface area contributed by atoms with Crippen molar-refractivity contribution in [1.29, 1.82) is 0 Å². The molecule has 106 valence electrons. The van der Waals surface area contributed by atoms with Gasteiger partial charge < -0.3 is 4.90 Å². The Morgan fingerprint density at radius 3 is 2.70 bits per heavy atom. The summed E-state index contributed by atoms with van der Waals surface area (Å²) in [5.74, 6) is 0.464. The minimum Gasteiger partial charge on any atom is -0.304 e. The molecule has 2 atom stereocenters. The molecule has 0 spiro atoms. The third-order valence-electron chi connectivity index (χ3n) is 3.79. The van der Waals surface area contributed by atoms with Crippen molar-refractivity contribution in [3.8, 4) is 0 Å². The fourth-order valence-corrected chi connectivity index (χ4v) is 2.65. The fourth-order valence-electron chi connectivity index (χ4n) is 2.65. The van der Waals surface area contributed by atoms with Crippen LogP contribution in [0.15, 0.2) is 47.6 Å². The van der Waals surface area contributed by atoms with Crippen molar-refractivity contribution in [1.82, 2.24) is 4.90 Å². The summed E-state index contributed by atoms with van der Waals surface area (Å²) in [7, 11) is 4.13. The molecule has 4 heteroatoms. The summed E-state index contributed by atoms with van der Waals surface area (Å²) in [5.41, 5.74) is 11.9. The minimum atomic E-state index is 0.246. The van der Waals surface area contributed by atoms with Gasteiger partial charge in [-0.25, -0.2) is 18.2 Å². The lowest BCUT2D eigenvalue weighted by molar-refractivity contribution is 0.273. The molecule has 4 nitrogen and oxygen atoms in total. The highest BCUT2D eigenvalue weighted by Crippen LogP contribution is 2.36. The number of nitrogens with zero attached hydrogens (tertiary/aromatic N) is 4. The van der Waals surface area contributed by atoms with Gasteiger partial charge in [0.2, 0.25) is 0 Å². The van der Waals surface area contributed by atoms with Crippen LogP contribution in [-0.2, 0) is 0 Å². The van der Waals surface area contributed by atoms with Gasteiger partial charge in [-0.1, -0.05) is 6.92 Å². The van der Waals surface area contributed by atoms with Crippen LogP contribution < -0.4 is 0 Å². The van der Waals surface area contributed by atoms with Gasteiger partial charge in [0, 0.05) is 6.04 Å². The maximum Gasteiger partial charge on any atom is 0.0120 e. The molecule has 0 fully saturated rings. The zero-order valence-corrected chi connectivity index (χ0v) is 12.2. The van der Waals surface area contributed by atoms with Crippen molar-refractivity contribution in [2.24, 2.45) is 5.11 Å². The predicted molar refractivity (Wildman–Crippen MR) is 82.3 cm³/mol. The smallest absolute Gasteiger partial charge is 0.0120 e. The zero-order valence-electron chi connectivity index (χ0n) is 12.2. The van der Waals surface area contributed by atoms with Gasteiger partial charge in [-0.2, -0.15) is 29.8 Å². The van der Waals surface area contributed by atoms with Gasteiger partial charge in [0.25, 0.3) is 0 Å². The summed E-state index contributed by atoms with van der Waals surface area (Å²) in [6.07, 6.45) is 0.995. The lowest BCUT2D eigenvalue weighted by Gasteiger charge is -2.31. The molecule has 0 radical (unpaired) electrons. The molecule has 0 saturated heterocycles. The van der Waals surface area contributed by atoms with Crippen LogP contribution in [0.25, 0.3) is 10.4 Å². The largest absolute Gasteiger partial charge is 0.304 e. The van der Waals surface area contributed by atoms with Gasteiger partial charge in [0.15, 0.2) is 0 Å². The van der Waals surface area contributed by atoms with Crippen LogP contribution in [-0.4, -0.2) is 19.0 Å². The standard InChI is InChI=1S/C16H20N4/c1-12(13-7-4-5-8-13)11-16(20(2)3)14-9-6-10-15(14)18-19-17/h4-10,12,16H,11H2,1-3H3/q-2/t12-,16-/m1/s1. The first-order valence-electron chi connectivity index (χ1n) is 6.82. The summed E-state index contributed by atoms with van der Waals surface area (Å²) < 4.78 is 0. The summed E-state index contributed by atoms with van der Waals surface area (Å²) in [5, 5.41) is 3.79. The first-order valence-corrected chi connectivity index (χ1v) is 6.82. The Kier molecular flexibility index (Phi) is 4.61. The lowest BCUT2D eigenvalue weighted by atomic mass is 9.92. The Labute approximate surface area is 120 Å². The average molecular weight is 268 g/mol. The molecule has 2 aromatic carbocycles. The van der Waals surface area contributed by atoms with E-state index in [1.54, 1.807) is 0 Å². The van der Waals surface area contributed by atoms with Gasteiger partial charge in [0.05, 0.1) is 0 Å². The van der Waals surface area contributed by atoms with Crippen molar-refractivity contribution in [2.45, 2.75) is 25.3 Å². The van der Waals surface area contributed by atoms with Crippen LogP contribution in [0, 0.1) is 0 Å². The van der Waals surface area contributed by atoms with Gasteiger partial charge in [0.1, 0.15) is 0 Å². The lowest BCUT2D eigenvalue weighted by Crippen LogP contribution is -2.21. The van der Waals surface area contributed by atoms with Gasteiger partial charge in [-0.15, -0.1) is 16.4 Å². The van der Waals surface area contributed by atoms with Crippen LogP contribution >= 0.6 is 0 Å². The molecule has 0 aromatic heterocycles. The van der Waals surface area contributed by atoms with Crippen molar-refractivity contribution in [2.75, 3.05) is 14.1 Å². The molecule has 0 bridgehead atoms. The second-order valence-corrected chi connectivity index (χ2v) is 5.39. The van der Waals surface area contributed by atoms with E-state index in [0.29, 0.717) is 5.92 Å². The molecule has 2 rings (SSSR count). The average Bonchev–Trinajstić information content (AvgIpc) is 3.07. The predicted octanol–water partition coefficient (Wildman–Crippen LogP) is 4.86. The van der Waals surface area contributed by atoms with E-state index in [4.69, 9.17) is 5.53 Å². The maximum absolute atomic E-state index is 8.66. The second-order valence-electron chi connectivity index (χ2n) is 5.39. The van der Waals surface area contributed by atoms with Gasteiger partial charge >= 0.3 is 0 Å². The van der Waals surface area contributed by atoms with E-state index in [-0.39, 0.29) is 6.04 Å². The van der Waals surface area contributed by atoms with E-state index < -0.39 is 0 Å². The summed E-state index contributed by atoms with van der Waals surface area (Å²) in [4.78, 5) is 5.10. The highest BCUT2D eigenvalue weighted by atomic mass is 15.1. The quantitative estimate of drug-likeness (QED) is 0.319. The Bertz CT molecular complexity index is 573. The summed E-state index contributed by atoms with van der Waals surface area (Å²) in [6, 6.07) is 14.6. The van der Waals surface area contributed by atoms with E-state index in [1.165, 1.54) is 5.56 Å². The Hall–Kier alpha value is -2.03. The molecule has 0 unspecified atom stereocenters. The number of hydrogen-bond donors (Lipinski definition) is 0. The van der Waals surface area contributed by atoms with Crippen LogP contribution in [0.4, 0.5) is 5.69 Å². The second kappa shape index (κ2) is 6.42. The van der Waals surface area contributed by atoms with Crippen LogP contribution in [0.5, 0.6) is 0 Å². The Morgan fingerprint density at radius 1 is 1.30 bits per heavy atom. The Morgan fingerprint density at radius 2 is 2.10 bits per heavy atom. The third kappa shape index (κ3) is 3.10. The fraction of sp³-hybridized carbons (Fsp3) is 0.375. The normalized spacial score (nSPS) is 14.0. The van der Waals surface area contributed by atoms with Crippen molar-refractivity contribution < 1.29 is 0 Å². The number of rotatable bonds is 6. The third-order valence-corrected chi connectivity index (χ3v) is 3.79. The van der Waals surface area contributed by atoms with E-state index in [0.717, 1.165) is 17.7 Å². The van der Waals surface area contributed by atoms with Crippen molar-refractivity contribution in [3.05, 3.63) is 64.0 Å². The van der Waals surface area contributed by atoms with E-state index in [2.05, 4.69) is 60.2 Å². The highest BCUT2D eigenvalue weighted by molar-refractivity contribution is 5.49. The zero-order chi connectivity index (χ0) is 14.5. The van der Waals surface area contributed by atoms with Crippen molar-refractivity contribution in [3.63, 3.8) is 0 Å². The van der Waals surface area contributed by atoms with Crippen LogP contribution in [0.3, 0.4) is 0 Å². The molecule has 0 N–H and O–H groups in total. The SMILES string of the molecule is C[C@H](C[C@H](c1[cH-]ccc1N=[N+]=[N-])N(C)C)c1ccc[cH-]1. The van der Waals surface area contributed by atoms with E-state index >= 15 is 0 Å². The first kappa shape index (κ1) is 14.4. The van der Waals surface area contributed by atoms with E-state index in [1.807, 2.05) is 18.2 Å². The molecule has 0 saturated carbocycles. The van der Waals surface area contributed by atoms with E-state index in [9.17, 15) is 0 Å². The molecule has 0 heterocycles. The van der Waals surface area contributed by atoms with Gasteiger partial charge in [-0.3, -0.25) is 0 Å². The summed E-state index contributed by atoms with van der Waals surface area (Å²) >= 11 is 0. The first-order chi connectivity index (χ1) is 9.63. The molecule has 0 aliphatic heterocycles. The molecular formula is C16H20N4-2. The molecule has 0 amide bonds. The topological polar surface area (TPSA) is 52.0 Å². The molecule has 20 heavy (non-hydrogen) atoms. The highest BCUT2D eigenvalue weighted by Gasteiger charge is 2.16. The Balaban J connectivity index is 2.23. The maximum atomic E-state index is 8.66. The van der Waals surface area contributed by atoms with Crippen LogP contribution in [0.2, 0.25) is 0 Å².